The molecule has 2 fully saturated rings. The highest BCUT2D eigenvalue weighted by atomic mass is 35.5. The van der Waals surface area contributed by atoms with Gasteiger partial charge in [0.2, 0.25) is 0 Å². The number of hydrogen-bond acceptors (Lipinski definition) is 6. The van der Waals surface area contributed by atoms with E-state index in [4.69, 9.17) is 5.11 Å². The number of aliphatic imine (C=N–C) groups is 2. The Morgan fingerprint density at radius 1 is 1.29 bits per heavy atom. The molecule has 162 valence electrons. The Kier molecular flexibility index (Phi) is 14.9. The number of aliphatic carboxylic acids is 1. The molecule has 0 aliphatic carbocycles. The Morgan fingerprint density at radius 3 is 2.68 bits per heavy atom. The standard InChI is InChI=1S/C10H16N2O3S.C8H17N3.ClH/c13-8(14)4-2-1-3-7-9-6(5-16-7)11-10(15)12-9;1-4-9-8-10-6-5-7-11(2)3;/h6-7,9H,1-5H2,(H,13,14)(H2,11,12,15);4-7H2,1-3H3;1H/t6-,7-,9-;;/m0../s1. The average molecular weight is 436 g/mol. The highest BCUT2D eigenvalue weighted by Crippen LogP contribution is 2.33. The number of halogens is 1. The van der Waals surface area contributed by atoms with Crippen LogP contribution < -0.4 is 10.6 Å². The maximum atomic E-state index is 11.1. The predicted octanol–water partition coefficient (Wildman–Crippen LogP) is 2.35. The van der Waals surface area contributed by atoms with Crippen LogP contribution in [0.1, 0.15) is 39.0 Å². The fourth-order valence-electron chi connectivity index (χ4n) is 2.90. The highest BCUT2D eigenvalue weighted by molar-refractivity contribution is 8.00. The number of rotatable bonds is 10. The van der Waals surface area contributed by atoms with E-state index in [1.807, 2.05) is 18.7 Å². The van der Waals surface area contributed by atoms with Gasteiger partial charge in [0, 0.05) is 24.0 Å². The molecule has 0 aromatic rings. The van der Waals surface area contributed by atoms with Gasteiger partial charge in [0.1, 0.15) is 0 Å². The van der Waals surface area contributed by atoms with Gasteiger partial charge in [-0.3, -0.25) is 4.79 Å². The maximum Gasteiger partial charge on any atom is 0.315 e. The van der Waals surface area contributed by atoms with Crippen molar-refractivity contribution < 1.29 is 14.7 Å². The van der Waals surface area contributed by atoms with Crippen LogP contribution in [0.15, 0.2) is 9.98 Å². The first-order valence-corrected chi connectivity index (χ1v) is 10.6. The molecule has 0 bridgehead atoms. The van der Waals surface area contributed by atoms with Gasteiger partial charge >= 0.3 is 12.0 Å². The van der Waals surface area contributed by atoms with Crippen molar-refractivity contribution in [1.29, 1.82) is 0 Å². The van der Waals surface area contributed by atoms with Gasteiger partial charge in [0.25, 0.3) is 0 Å². The van der Waals surface area contributed by atoms with Crippen LogP contribution in [0.3, 0.4) is 0 Å². The fraction of sp³-hybridized carbons (Fsp3) is 0.833. The molecule has 2 heterocycles. The van der Waals surface area contributed by atoms with Crippen LogP contribution in [0.25, 0.3) is 0 Å². The van der Waals surface area contributed by atoms with Crippen LogP contribution in [-0.2, 0) is 4.79 Å². The normalized spacial score (nSPS) is 22.0. The van der Waals surface area contributed by atoms with Crippen LogP contribution in [0.4, 0.5) is 4.79 Å². The predicted molar refractivity (Wildman–Crippen MR) is 117 cm³/mol. The van der Waals surface area contributed by atoms with Gasteiger partial charge in [0.05, 0.1) is 24.6 Å². The molecule has 3 N–H and O–H groups in total. The summed E-state index contributed by atoms with van der Waals surface area (Å²) in [4.78, 5) is 31.5. The van der Waals surface area contributed by atoms with Crippen molar-refractivity contribution in [3.05, 3.63) is 0 Å². The molecule has 0 spiro atoms. The number of thioether (sulfide) groups is 1. The van der Waals surface area contributed by atoms with Crippen molar-refractivity contribution in [3.63, 3.8) is 0 Å². The van der Waals surface area contributed by atoms with Crippen molar-refractivity contribution in [2.24, 2.45) is 9.98 Å². The molecule has 2 aliphatic rings. The molecule has 2 rings (SSSR count). The van der Waals surface area contributed by atoms with Crippen LogP contribution in [-0.4, -0.2) is 84.8 Å². The molecular formula is C18H34ClN5O3S. The average Bonchev–Trinajstić information content (AvgIpc) is 3.14. The monoisotopic (exact) mass is 435 g/mol. The van der Waals surface area contributed by atoms with Crippen LogP contribution in [0, 0.1) is 0 Å². The van der Waals surface area contributed by atoms with Gasteiger partial charge in [-0.25, -0.2) is 14.8 Å². The van der Waals surface area contributed by atoms with Crippen molar-refractivity contribution in [2.75, 3.05) is 39.5 Å². The van der Waals surface area contributed by atoms with Gasteiger partial charge in [-0.2, -0.15) is 11.8 Å². The quantitative estimate of drug-likeness (QED) is 0.277. The van der Waals surface area contributed by atoms with Crippen LogP contribution in [0.5, 0.6) is 0 Å². The number of carbonyl (C=O) groups excluding carboxylic acids is 1. The summed E-state index contributed by atoms with van der Waals surface area (Å²) in [7, 11) is 4.12. The SMILES string of the molecule is CCN=C=NCCCN(C)C.Cl.O=C(O)CCCC[C@@H]1SC[C@@H]2NC(=O)N[C@@H]21. The summed E-state index contributed by atoms with van der Waals surface area (Å²) in [6, 6.07) is 3.08. The summed E-state index contributed by atoms with van der Waals surface area (Å²) >= 11 is 1.87. The minimum Gasteiger partial charge on any atom is -0.481 e. The highest BCUT2D eigenvalue weighted by Gasteiger charge is 2.42. The lowest BCUT2D eigenvalue weighted by Gasteiger charge is -2.16. The van der Waals surface area contributed by atoms with Gasteiger partial charge in [0.15, 0.2) is 0 Å². The Bertz CT molecular complexity index is 529. The number of nitrogens with zero attached hydrogens (tertiary/aromatic N) is 3. The number of urea groups is 1. The second-order valence-electron chi connectivity index (χ2n) is 6.87. The van der Waals surface area contributed by atoms with Gasteiger partial charge in [-0.15, -0.1) is 12.4 Å². The van der Waals surface area contributed by atoms with E-state index < -0.39 is 5.97 Å². The number of unbranched alkanes of at least 4 members (excludes halogenated alkanes) is 1. The summed E-state index contributed by atoms with van der Waals surface area (Å²) in [6.45, 7) is 4.67. The van der Waals surface area contributed by atoms with E-state index >= 15 is 0 Å². The Balaban J connectivity index is 0.000000541. The zero-order valence-corrected chi connectivity index (χ0v) is 18.7. The molecule has 8 nitrogen and oxygen atoms in total. The molecule has 0 radical (unpaired) electrons. The third-order valence-corrected chi connectivity index (χ3v) is 5.75. The molecule has 2 amide bonds. The van der Waals surface area contributed by atoms with E-state index in [2.05, 4.69) is 45.6 Å². The van der Waals surface area contributed by atoms with E-state index in [0.717, 1.165) is 51.1 Å². The maximum absolute atomic E-state index is 11.1. The van der Waals surface area contributed by atoms with E-state index in [0.29, 0.717) is 5.25 Å². The number of nitrogens with one attached hydrogen (secondary N) is 2. The van der Waals surface area contributed by atoms with Crippen molar-refractivity contribution >= 4 is 42.2 Å². The molecule has 10 heteroatoms. The Morgan fingerprint density at radius 2 is 2.04 bits per heavy atom. The van der Waals surface area contributed by atoms with Gasteiger partial charge in [-0.05, 0) is 46.8 Å². The smallest absolute Gasteiger partial charge is 0.315 e. The number of fused-ring (bicyclic) bond motifs is 1. The summed E-state index contributed by atoms with van der Waals surface area (Å²) in [6.07, 6.45) is 3.96. The van der Waals surface area contributed by atoms with Crippen molar-refractivity contribution in [1.82, 2.24) is 15.5 Å². The molecule has 2 aliphatic heterocycles. The first-order chi connectivity index (χ1) is 12.9. The lowest BCUT2D eigenvalue weighted by molar-refractivity contribution is -0.137. The summed E-state index contributed by atoms with van der Waals surface area (Å²) in [5, 5.41) is 14.8. The molecule has 3 atom stereocenters. The molecule has 0 aromatic carbocycles. The van der Waals surface area contributed by atoms with E-state index in [-0.39, 0.29) is 36.9 Å². The second-order valence-corrected chi connectivity index (χ2v) is 8.15. The summed E-state index contributed by atoms with van der Waals surface area (Å²) in [5.74, 6) is 0.236. The molecule has 0 aromatic heterocycles. The Labute approximate surface area is 178 Å². The number of carbonyl (C=O) groups is 2. The van der Waals surface area contributed by atoms with E-state index in [9.17, 15) is 9.59 Å². The van der Waals surface area contributed by atoms with Crippen molar-refractivity contribution in [2.45, 2.75) is 56.4 Å². The topological polar surface area (TPSA) is 106 Å². The summed E-state index contributed by atoms with van der Waals surface area (Å²) in [5.41, 5.74) is 0. The number of carboxylic acids is 1. The van der Waals surface area contributed by atoms with Gasteiger partial charge < -0.3 is 20.6 Å². The lowest BCUT2D eigenvalue weighted by atomic mass is 10.0. The van der Waals surface area contributed by atoms with E-state index in [1.165, 1.54) is 0 Å². The van der Waals surface area contributed by atoms with E-state index in [1.54, 1.807) is 0 Å². The molecule has 28 heavy (non-hydrogen) atoms. The first kappa shape index (κ1) is 26.7. The third-order valence-electron chi connectivity index (χ3n) is 4.24. The number of hydrogen-bond donors (Lipinski definition) is 3. The lowest BCUT2D eigenvalue weighted by Crippen LogP contribution is -2.36. The zero-order chi connectivity index (χ0) is 20.1. The largest absolute Gasteiger partial charge is 0.481 e. The molecule has 2 saturated heterocycles. The zero-order valence-electron chi connectivity index (χ0n) is 17.0. The minimum atomic E-state index is -0.729. The fourth-order valence-corrected chi connectivity index (χ4v) is 4.45. The molecular weight excluding hydrogens is 402 g/mol. The minimum absolute atomic E-state index is 0. The number of carboxylic acid groups (broad SMARTS) is 1. The van der Waals surface area contributed by atoms with Crippen LogP contribution >= 0.6 is 24.2 Å². The van der Waals surface area contributed by atoms with Gasteiger partial charge in [-0.1, -0.05) is 6.42 Å². The first-order valence-electron chi connectivity index (χ1n) is 9.57. The molecule has 0 saturated carbocycles. The third kappa shape index (κ3) is 11.5. The van der Waals surface area contributed by atoms with Crippen molar-refractivity contribution in [3.8, 4) is 0 Å². The summed E-state index contributed by atoms with van der Waals surface area (Å²) < 4.78 is 0. The molecule has 0 unspecified atom stereocenters. The Hall–Kier alpha value is -1.28. The second kappa shape index (κ2) is 15.6. The van der Waals surface area contributed by atoms with Crippen LogP contribution in [0.2, 0.25) is 0 Å². The number of amides is 2.